The van der Waals surface area contributed by atoms with Gasteiger partial charge in [-0.2, -0.15) is 0 Å². The fourth-order valence-electron chi connectivity index (χ4n) is 3.66. The minimum Gasteiger partial charge on any atom is -0.308 e. The number of aryl methyl sites for hydroxylation is 1. The predicted molar refractivity (Wildman–Crippen MR) is 101 cm³/mol. The second-order valence-corrected chi connectivity index (χ2v) is 7.46. The highest BCUT2D eigenvalue weighted by Gasteiger charge is 2.37. The van der Waals surface area contributed by atoms with Gasteiger partial charge in [-0.25, -0.2) is 0 Å². The zero-order chi connectivity index (χ0) is 18.2. The Kier molecular flexibility index (Phi) is 4.51. The molecule has 1 amide bonds. The molecule has 0 unspecified atom stereocenters. The Bertz CT molecular complexity index is 821. The summed E-state index contributed by atoms with van der Waals surface area (Å²) >= 11 is 0. The van der Waals surface area contributed by atoms with E-state index in [1.54, 1.807) is 6.92 Å². The van der Waals surface area contributed by atoms with E-state index in [9.17, 15) is 9.59 Å². The van der Waals surface area contributed by atoms with Gasteiger partial charge in [-0.3, -0.25) is 9.59 Å². The Morgan fingerprint density at radius 2 is 1.84 bits per heavy atom. The Balaban J connectivity index is 2.15. The number of hydrogen-bond donors (Lipinski definition) is 0. The van der Waals surface area contributed by atoms with E-state index >= 15 is 0 Å². The number of amides is 1. The quantitative estimate of drug-likeness (QED) is 0.762. The fourth-order valence-corrected chi connectivity index (χ4v) is 3.66. The molecule has 1 aliphatic heterocycles. The minimum absolute atomic E-state index is 0.0511. The number of benzene rings is 2. The molecule has 3 heteroatoms. The number of hydrogen-bond acceptors (Lipinski definition) is 2. The van der Waals surface area contributed by atoms with Crippen LogP contribution in [0.4, 0.5) is 5.69 Å². The molecule has 0 bridgehead atoms. The van der Waals surface area contributed by atoms with Crippen molar-refractivity contribution in [1.29, 1.82) is 0 Å². The third-order valence-electron chi connectivity index (χ3n) is 5.08. The molecule has 1 heterocycles. The summed E-state index contributed by atoms with van der Waals surface area (Å²) < 4.78 is 0. The summed E-state index contributed by atoms with van der Waals surface area (Å²) in [5.41, 5.74) is 4.69. The zero-order valence-electron chi connectivity index (χ0n) is 15.4. The number of Topliss-reactive ketones (excluding diaryl/α,β-unsaturated/α-hetero) is 1. The molecule has 0 saturated carbocycles. The summed E-state index contributed by atoms with van der Waals surface area (Å²) in [7, 11) is 0. The van der Waals surface area contributed by atoms with Crippen LogP contribution < -0.4 is 4.90 Å². The maximum Gasteiger partial charge on any atom is 0.228 e. The van der Waals surface area contributed by atoms with Gasteiger partial charge in [-0.1, -0.05) is 57.2 Å². The molecule has 3 rings (SSSR count). The third-order valence-corrected chi connectivity index (χ3v) is 5.08. The van der Waals surface area contributed by atoms with Crippen molar-refractivity contribution in [3.8, 4) is 0 Å². The van der Waals surface area contributed by atoms with Crippen molar-refractivity contribution in [1.82, 2.24) is 0 Å². The third kappa shape index (κ3) is 3.23. The first kappa shape index (κ1) is 17.4. The van der Waals surface area contributed by atoms with Crippen LogP contribution >= 0.6 is 0 Å². The summed E-state index contributed by atoms with van der Waals surface area (Å²) in [4.78, 5) is 26.8. The summed E-state index contributed by atoms with van der Waals surface area (Å²) in [5, 5.41) is 0. The summed E-state index contributed by atoms with van der Waals surface area (Å²) in [5.74, 6) is 0.162. The van der Waals surface area contributed by atoms with Gasteiger partial charge in [-0.15, -0.1) is 0 Å². The highest BCUT2D eigenvalue weighted by Crippen LogP contribution is 2.42. The van der Waals surface area contributed by atoms with E-state index in [2.05, 4.69) is 26.8 Å². The number of carbonyl (C=O) groups is 2. The normalized spacial score (nSPS) is 15.8. The number of ketones is 1. The lowest BCUT2D eigenvalue weighted by molar-refractivity contribution is -0.120. The van der Waals surface area contributed by atoms with Crippen molar-refractivity contribution < 1.29 is 9.59 Å². The predicted octanol–water partition coefficient (Wildman–Crippen LogP) is 4.67. The van der Waals surface area contributed by atoms with Gasteiger partial charge in [0.15, 0.2) is 5.78 Å². The molecule has 0 fully saturated rings. The molecule has 25 heavy (non-hydrogen) atoms. The van der Waals surface area contributed by atoms with Crippen LogP contribution in [0, 0.1) is 0 Å². The van der Waals surface area contributed by atoms with Crippen LogP contribution in [0.25, 0.3) is 0 Å². The molecule has 0 spiro atoms. The molecule has 0 aliphatic carbocycles. The van der Waals surface area contributed by atoms with Gasteiger partial charge < -0.3 is 4.90 Å². The lowest BCUT2D eigenvalue weighted by Gasteiger charge is -2.39. The fraction of sp³-hybridized carbons (Fsp3) is 0.364. The number of fused-ring (bicyclic) bond motifs is 1. The molecule has 2 aromatic carbocycles. The molecular formula is C22H25NO2. The SMILES string of the molecule is CCc1cc2c(cc1C(C)=O)N(Cc1ccccc1)C(=O)CC2(C)C. The Morgan fingerprint density at radius 1 is 1.16 bits per heavy atom. The average Bonchev–Trinajstić information content (AvgIpc) is 2.58. The molecular weight excluding hydrogens is 310 g/mol. The summed E-state index contributed by atoms with van der Waals surface area (Å²) in [6.07, 6.45) is 1.29. The van der Waals surface area contributed by atoms with Crippen LogP contribution in [0.5, 0.6) is 0 Å². The number of anilines is 1. The van der Waals surface area contributed by atoms with Gasteiger partial charge >= 0.3 is 0 Å². The Morgan fingerprint density at radius 3 is 2.44 bits per heavy atom. The first-order valence-corrected chi connectivity index (χ1v) is 8.86. The second kappa shape index (κ2) is 6.47. The maximum absolute atomic E-state index is 12.9. The van der Waals surface area contributed by atoms with Gasteiger partial charge in [0.05, 0.1) is 6.54 Å². The van der Waals surface area contributed by atoms with E-state index in [4.69, 9.17) is 0 Å². The smallest absolute Gasteiger partial charge is 0.228 e. The van der Waals surface area contributed by atoms with Crippen molar-refractivity contribution in [3.63, 3.8) is 0 Å². The molecule has 0 atom stereocenters. The highest BCUT2D eigenvalue weighted by molar-refractivity contribution is 6.02. The van der Waals surface area contributed by atoms with Crippen LogP contribution in [-0.4, -0.2) is 11.7 Å². The number of carbonyl (C=O) groups excluding carboxylic acids is 2. The minimum atomic E-state index is -0.223. The highest BCUT2D eigenvalue weighted by atomic mass is 16.2. The molecule has 130 valence electrons. The van der Waals surface area contributed by atoms with E-state index in [0.717, 1.165) is 34.4 Å². The average molecular weight is 335 g/mol. The summed E-state index contributed by atoms with van der Waals surface area (Å²) in [6, 6.07) is 14.1. The van der Waals surface area contributed by atoms with Crippen molar-refractivity contribution >= 4 is 17.4 Å². The summed E-state index contributed by atoms with van der Waals surface area (Å²) in [6.45, 7) is 8.41. The Labute approximate surface area is 149 Å². The molecule has 0 N–H and O–H groups in total. The first-order valence-electron chi connectivity index (χ1n) is 8.86. The van der Waals surface area contributed by atoms with Crippen LogP contribution in [0.15, 0.2) is 42.5 Å². The topological polar surface area (TPSA) is 37.4 Å². The first-order chi connectivity index (χ1) is 11.8. The molecule has 0 radical (unpaired) electrons. The second-order valence-electron chi connectivity index (χ2n) is 7.46. The van der Waals surface area contributed by atoms with Gasteiger partial charge in [0.1, 0.15) is 0 Å². The largest absolute Gasteiger partial charge is 0.308 e. The monoisotopic (exact) mass is 335 g/mol. The van der Waals surface area contributed by atoms with Crippen molar-refractivity contribution in [2.24, 2.45) is 0 Å². The van der Waals surface area contributed by atoms with Crippen molar-refractivity contribution in [2.75, 3.05) is 4.90 Å². The van der Waals surface area contributed by atoms with Crippen molar-refractivity contribution in [2.45, 2.75) is 52.5 Å². The van der Waals surface area contributed by atoms with Gasteiger partial charge in [0.2, 0.25) is 5.91 Å². The number of rotatable bonds is 4. The standard InChI is InChI=1S/C22H25NO2/c1-5-17-11-19-20(12-18(17)15(2)24)23(21(25)13-22(19,3)4)14-16-9-7-6-8-10-16/h6-12H,5,13-14H2,1-4H3. The van der Waals surface area contributed by atoms with Crippen LogP contribution in [0.2, 0.25) is 0 Å². The number of nitrogens with zero attached hydrogens (tertiary/aromatic N) is 1. The van der Waals surface area contributed by atoms with E-state index in [0.29, 0.717) is 13.0 Å². The van der Waals surface area contributed by atoms with E-state index in [-0.39, 0.29) is 17.1 Å². The zero-order valence-corrected chi connectivity index (χ0v) is 15.4. The van der Waals surface area contributed by atoms with E-state index < -0.39 is 0 Å². The molecule has 0 aromatic heterocycles. The van der Waals surface area contributed by atoms with Crippen LogP contribution in [0.3, 0.4) is 0 Å². The van der Waals surface area contributed by atoms with Crippen molar-refractivity contribution in [3.05, 3.63) is 64.7 Å². The maximum atomic E-state index is 12.9. The molecule has 2 aromatic rings. The lowest BCUT2D eigenvalue weighted by Crippen LogP contribution is -2.41. The van der Waals surface area contributed by atoms with E-state index in [1.165, 1.54) is 0 Å². The van der Waals surface area contributed by atoms with Gasteiger partial charge in [0.25, 0.3) is 0 Å². The molecule has 1 aliphatic rings. The molecule has 0 saturated heterocycles. The van der Waals surface area contributed by atoms with Crippen LogP contribution in [-0.2, 0) is 23.2 Å². The van der Waals surface area contributed by atoms with Crippen LogP contribution in [0.1, 0.15) is 61.2 Å². The van der Waals surface area contributed by atoms with Gasteiger partial charge in [0, 0.05) is 23.1 Å². The van der Waals surface area contributed by atoms with Gasteiger partial charge in [-0.05, 0) is 36.1 Å². The van der Waals surface area contributed by atoms with E-state index in [1.807, 2.05) is 41.3 Å². The molecule has 3 nitrogen and oxygen atoms in total. The lowest BCUT2D eigenvalue weighted by atomic mass is 9.75. The Hall–Kier alpha value is -2.42.